The first-order valence-electron chi connectivity index (χ1n) is 5.69. The first-order valence-corrected chi connectivity index (χ1v) is 5.69. The number of nitrogens with zero attached hydrogens (tertiary/aromatic N) is 1. The van der Waals surface area contributed by atoms with E-state index in [0.29, 0.717) is 13.0 Å². The number of likely N-dealkylation sites (N-methyl/N-ethyl adjacent to an activating group) is 1. The van der Waals surface area contributed by atoms with Gasteiger partial charge in [0.25, 0.3) is 0 Å². The van der Waals surface area contributed by atoms with Gasteiger partial charge in [0.1, 0.15) is 6.17 Å². The molecule has 0 spiro atoms. The lowest BCUT2D eigenvalue weighted by molar-refractivity contribution is -0.0287. The van der Waals surface area contributed by atoms with Gasteiger partial charge >= 0.3 is 0 Å². The van der Waals surface area contributed by atoms with Crippen LogP contribution in [0.1, 0.15) is 39.5 Å². The number of hydrogen-bond donors (Lipinski definition) is 1. The summed E-state index contributed by atoms with van der Waals surface area (Å²) in [6.45, 7) is 5.47. The van der Waals surface area contributed by atoms with E-state index < -0.39 is 11.8 Å². The van der Waals surface area contributed by atoms with E-state index >= 15 is 0 Å². The number of halogens is 1. The zero-order valence-corrected chi connectivity index (χ0v) is 9.09. The van der Waals surface area contributed by atoms with E-state index in [1.54, 1.807) is 0 Å². The Bertz CT molecular complexity index is 229. The molecule has 1 N–H and O–H groups in total. The van der Waals surface area contributed by atoms with Gasteiger partial charge in [-0.2, -0.15) is 0 Å². The van der Waals surface area contributed by atoms with Crippen molar-refractivity contribution in [1.29, 1.82) is 0 Å². The molecule has 2 rings (SSSR count). The average molecular weight is 201 g/mol. The van der Waals surface area contributed by atoms with E-state index in [0.717, 1.165) is 25.8 Å². The topological polar surface area (TPSA) is 23.5 Å². The number of likely N-dealkylation sites (tertiary alicyclic amines) is 1. The Hall–Kier alpha value is -0.150. The van der Waals surface area contributed by atoms with Crippen molar-refractivity contribution >= 4 is 0 Å². The van der Waals surface area contributed by atoms with E-state index in [9.17, 15) is 9.50 Å². The van der Waals surface area contributed by atoms with Crippen LogP contribution in [0.5, 0.6) is 0 Å². The van der Waals surface area contributed by atoms with Gasteiger partial charge in [0.2, 0.25) is 0 Å². The average Bonchev–Trinajstić information content (AvgIpc) is 2.81. The molecule has 0 bridgehead atoms. The second-order valence-electron chi connectivity index (χ2n) is 4.76. The van der Waals surface area contributed by atoms with Crippen molar-refractivity contribution in [3.05, 3.63) is 0 Å². The molecule has 1 aliphatic carbocycles. The Morgan fingerprint density at radius 3 is 2.50 bits per heavy atom. The van der Waals surface area contributed by atoms with Crippen LogP contribution in [0.15, 0.2) is 0 Å². The van der Waals surface area contributed by atoms with Crippen LogP contribution < -0.4 is 0 Å². The Kier molecular flexibility index (Phi) is 2.35. The Labute approximate surface area is 85.1 Å². The molecule has 0 amide bonds. The van der Waals surface area contributed by atoms with Crippen LogP contribution >= 0.6 is 0 Å². The second kappa shape index (κ2) is 3.17. The maximum Gasteiger partial charge on any atom is 0.115 e. The summed E-state index contributed by atoms with van der Waals surface area (Å²) in [5.41, 5.74) is -0.847. The highest BCUT2D eigenvalue weighted by atomic mass is 19.1. The third kappa shape index (κ3) is 1.22. The summed E-state index contributed by atoms with van der Waals surface area (Å²) < 4.78 is 13.4. The molecule has 3 heteroatoms. The van der Waals surface area contributed by atoms with Crippen LogP contribution in [-0.2, 0) is 0 Å². The molecular weight excluding hydrogens is 181 g/mol. The molecule has 1 aliphatic heterocycles. The van der Waals surface area contributed by atoms with Gasteiger partial charge in [-0.3, -0.25) is 4.90 Å². The maximum absolute atomic E-state index is 13.4. The van der Waals surface area contributed by atoms with Gasteiger partial charge in [0, 0.05) is 13.0 Å². The standard InChI is InChI=1S/C11H20FNO/c1-3-10(11(14)5-6-11)7-9(12)8-13(10)4-2/h9,14H,3-8H2,1-2H3. The fourth-order valence-electron chi connectivity index (χ4n) is 3.17. The summed E-state index contributed by atoms with van der Waals surface area (Å²) in [5, 5.41) is 10.3. The lowest BCUT2D eigenvalue weighted by Crippen LogP contribution is -2.54. The van der Waals surface area contributed by atoms with Crippen molar-refractivity contribution in [2.24, 2.45) is 0 Å². The normalized spacial score (nSPS) is 41.6. The minimum atomic E-state index is -0.750. The highest BCUT2D eigenvalue weighted by molar-refractivity contribution is 5.18. The Morgan fingerprint density at radius 2 is 2.07 bits per heavy atom. The smallest absolute Gasteiger partial charge is 0.115 e. The lowest BCUT2D eigenvalue weighted by Gasteiger charge is -2.41. The monoisotopic (exact) mass is 201 g/mol. The second-order valence-corrected chi connectivity index (χ2v) is 4.76. The van der Waals surface area contributed by atoms with E-state index in [1.807, 2.05) is 6.92 Å². The van der Waals surface area contributed by atoms with Gasteiger partial charge in [-0.15, -0.1) is 0 Å². The van der Waals surface area contributed by atoms with Crippen LogP contribution in [0.4, 0.5) is 4.39 Å². The van der Waals surface area contributed by atoms with E-state index in [2.05, 4.69) is 11.8 Å². The molecule has 0 radical (unpaired) electrons. The zero-order valence-electron chi connectivity index (χ0n) is 9.09. The Balaban J connectivity index is 2.25. The predicted molar refractivity (Wildman–Crippen MR) is 54.0 cm³/mol. The quantitative estimate of drug-likeness (QED) is 0.751. The van der Waals surface area contributed by atoms with Crippen LogP contribution in [0.25, 0.3) is 0 Å². The van der Waals surface area contributed by atoms with Gasteiger partial charge in [-0.1, -0.05) is 13.8 Å². The van der Waals surface area contributed by atoms with Gasteiger partial charge in [0.05, 0.1) is 11.1 Å². The summed E-state index contributed by atoms with van der Waals surface area (Å²) in [6, 6.07) is 0. The minimum absolute atomic E-state index is 0.263. The largest absolute Gasteiger partial charge is 0.388 e. The molecule has 1 saturated carbocycles. The summed E-state index contributed by atoms with van der Waals surface area (Å²) in [5.74, 6) is 0. The number of alkyl halides is 1. The molecule has 0 aromatic heterocycles. The highest BCUT2D eigenvalue weighted by Crippen LogP contribution is 2.54. The highest BCUT2D eigenvalue weighted by Gasteiger charge is 2.63. The van der Waals surface area contributed by atoms with Crippen molar-refractivity contribution < 1.29 is 9.50 Å². The van der Waals surface area contributed by atoms with Crippen LogP contribution in [0.2, 0.25) is 0 Å². The molecule has 1 saturated heterocycles. The zero-order chi connectivity index (χ0) is 10.4. The van der Waals surface area contributed by atoms with Gasteiger partial charge in [-0.05, 0) is 25.8 Å². The number of hydrogen-bond acceptors (Lipinski definition) is 2. The van der Waals surface area contributed by atoms with E-state index in [1.165, 1.54) is 0 Å². The van der Waals surface area contributed by atoms with Gasteiger partial charge in [0.15, 0.2) is 0 Å². The number of rotatable bonds is 3. The molecule has 14 heavy (non-hydrogen) atoms. The Morgan fingerprint density at radius 1 is 1.43 bits per heavy atom. The first-order chi connectivity index (χ1) is 6.58. The molecule has 2 nitrogen and oxygen atoms in total. The molecule has 2 aliphatic rings. The SMILES string of the molecule is CCN1CC(F)CC1(CC)C1(O)CC1. The fraction of sp³-hybridized carbons (Fsp3) is 1.00. The molecule has 0 aromatic rings. The van der Waals surface area contributed by atoms with Crippen LogP contribution in [-0.4, -0.2) is 40.4 Å². The molecule has 2 atom stereocenters. The van der Waals surface area contributed by atoms with Crippen LogP contribution in [0.3, 0.4) is 0 Å². The minimum Gasteiger partial charge on any atom is -0.388 e. The molecule has 82 valence electrons. The third-order valence-corrected chi connectivity index (χ3v) is 4.14. The molecular formula is C11H20FNO. The third-order valence-electron chi connectivity index (χ3n) is 4.14. The lowest BCUT2D eigenvalue weighted by atomic mass is 9.84. The van der Waals surface area contributed by atoms with Crippen molar-refractivity contribution in [2.75, 3.05) is 13.1 Å². The van der Waals surface area contributed by atoms with E-state index in [-0.39, 0.29) is 5.54 Å². The van der Waals surface area contributed by atoms with Crippen molar-refractivity contribution in [1.82, 2.24) is 4.90 Å². The fourth-order valence-corrected chi connectivity index (χ4v) is 3.17. The summed E-state index contributed by atoms with van der Waals surface area (Å²) in [6.07, 6.45) is 2.33. The summed E-state index contributed by atoms with van der Waals surface area (Å²) in [4.78, 5) is 2.14. The first kappa shape index (κ1) is 10.4. The van der Waals surface area contributed by atoms with Crippen molar-refractivity contribution in [3.63, 3.8) is 0 Å². The van der Waals surface area contributed by atoms with Crippen molar-refractivity contribution in [2.45, 2.75) is 56.8 Å². The van der Waals surface area contributed by atoms with Crippen LogP contribution in [0, 0.1) is 0 Å². The molecule has 0 aromatic carbocycles. The summed E-state index contributed by atoms with van der Waals surface area (Å²) >= 11 is 0. The van der Waals surface area contributed by atoms with Crippen molar-refractivity contribution in [3.8, 4) is 0 Å². The maximum atomic E-state index is 13.4. The van der Waals surface area contributed by atoms with Gasteiger partial charge < -0.3 is 5.11 Å². The molecule has 2 fully saturated rings. The predicted octanol–water partition coefficient (Wildman–Crippen LogP) is 1.72. The molecule has 2 unspecified atom stereocenters. The van der Waals surface area contributed by atoms with Gasteiger partial charge in [-0.25, -0.2) is 4.39 Å². The number of aliphatic hydroxyl groups is 1. The van der Waals surface area contributed by atoms with E-state index in [4.69, 9.17) is 0 Å². The molecule has 1 heterocycles. The summed E-state index contributed by atoms with van der Waals surface area (Å²) in [7, 11) is 0.